The van der Waals surface area contributed by atoms with Gasteiger partial charge in [-0.1, -0.05) is 6.07 Å². The number of halogens is 2. The third kappa shape index (κ3) is 4.37. The first-order valence-electron chi connectivity index (χ1n) is 10.0. The van der Waals surface area contributed by atoms with Crippen LogP contribution in [0.4, 0.5) is 26.0 Å². The quantitative estimate of drug-likeness (QED) is 0.489. The number of amides is 1. The fourth-order valence-electron chi connectivity index (χ4n) is 3.24. The number of benzene rings is 1. The average molecular weight is 443 g/mol. The largest absolute Gasteiger partial charge is 0.494 e. The van der Waals surface area contributed by atoms with Crippen molar-refractivity contribution in [2.75, 3.05) is 24.3 Å². The molecule has 32 heavy (non-hydrogen) atoms. The molecule has 0 bridgehead atoms. The fourth-order valence-corrected chi connectivity index (χ4v) is 3.24. The molecule has 11 heteroatoms. The Labute approximate surface area is 183 Å². The van der Waals surface area contributed by atoms with Crippen LogP contribution in [0.15, 0.2) is 36.8 Å². The van der Waals surface area contributed by atoms with E-state index in [0.29, 0.717) is 22.8 Å². The van der Waals surface area contributed by atoms with Crippen LogP contribution in [0, 0.1) is 5.92 Å². The van der Waals surface area contributed by atoms with Gasteiger partial charge < -0.3 is 21.1 Å². The number of nitrogens with two attached hydrogens (primary N) is 1. The summed E-state index contributed by atoms with van der Waals surface area (Å²) in [5.74, 6) is -2.60. The summed E-state index contributed by atoms with van der Waals surface area (Å²) in [6.07, 6.45) is 4.19. The van der Waals surface area contributed by atoms with E-state index in [-0.39, 0.29) is 23.3 Å². The maximum atomic E-state index is 14.6. The molecule has 9 nitrogen and oxygen atoms in total. The number of hydrogen-bond donors (Lipinski definition) is 3. The van der Waals surface area contributed by atoms with E-state index in [4.69, 9.17) is 10.5 Å². The number of rotatable bonds is 8. The van der Waals surface area contributed by atoms with E-state index in [9.17, 15) is 13.6 Å². The SMILES string of the molecule is COc1c(Nc2cc(NC(=O)C3CC3)ncc2C(F)(F)CN)cccc1-c1ncn(C)n1. The van der Waals surface area contributed by atoms with E-state index in [2.05, 4.69) is 25.7 Å². The monoisotopic (exact) mass is 443 g/mol. The van der Waals surface area contributed by atoms with Gasteiger partial charge in [0.25, 0.3) is 5.92 Å². The van der Waals surface area contributed by atoms with Gasteiger partial charge in [0, 0.05) is 25.2 Å². The van der Waals surface area contributed by atoms with Crippen molar-refractivity contribution in [3.8, 4) is 17.1 Å². The molecule has 1 aliphatic rings. The second-order valence-corrected chi connectivity index (χ2v) is 7.54. The summed E-state index contributed by atoms with van der Waals surface area (Å²) in [6.45, 7) is -0.897. The minimum atomic E-state index is -3.33. The molecule has 3 aromatic rings. The van der Waals surface area contributed by atoms with Crippen molar-refractivity contribution < 1.29 is 18.3 Å². The molecule has 0 saturated heterocycles. The molecular formula is C21H23F2N7O2. The summed E-state index contributed by atoms with van der Waals surface area (Å²) in [5, 5.41) is 9.95. The summed E-state index contributed by atoms with van der Waals surface area (Å²) >= 11 is 0. The molecule has 4 N–H and O–H groups in total. The zero-order valence-electron chi connectivity index (χ0n) is 17.6. The van der Waals surface area contributed by atoms with Gasteiger partial charge in [-0.2, -0.15) is 13.9 Å². The van der Waals surface area contributed by atoms with Crippen LogP contribution in [0.3, 0.4) is 0 Å². The Hall–Kier alpha value is -3.60. The Morgan fingerprint density at radius 2 is 2.09 bits per heavy atom. The normalized spacial score (nSPS) is 13.7. The molecule has 1 saturated carbocycles. The van der Waals surface area contributed by atoms with Gasteiger partial charge in [0.2, 0.25) is 5.91 Å². The van der Waals surface area contributed by atoms with Crippen molar-refractivity contribution in [3.05, 3.63) is 42.4 Å². The van der Waals surface area contributed by atoms with Crippen LogP contribution in [0.25, 0.3) is 11.4 Å². The molecule has 0 spiro atoms. The van der Waals surface area contributed by atoms with E-state index in [0.717, 1.165) is 19.0 Å². The Morgan fingerprint density at radius 1 is 1.31 bits per heavy atom. The van der Waals surface area contributed by atoms with E-state index < -0.39 is 18.0 Å². The summed E-state index contributed by atoms with van der Waals surface area (Å²) in [4.78, 5) is 20.3. The lowest BCUT2D eigenvalue weighted by molar-refractivity contribution is -0.117. The summed E-state index contributed by atoms with van der Waals surface area (Å²) < 4.78 is 36.2. The second-order valence-electron chi connectivity index (χ2n) is 7.54. The molecule has 1 aliphatic carbocycles. The average Bonchev–Trinajstić information content (AvgIpc) is 3.54. The Balaban J connectivity index is 1.74. The van der Waals surface area contributed by atoms with Crippen LogP contribution in [-0.4, -0.2) is 39.3 Å². The number of pyridine rings is 1. The van der Waals surface area contributed by atoms with Crippen molar-refractivity contribution in [2.45, 2.75) is 18.8 Å². The van der Waals surface area contributed by atoms with Crippen LogP contribution in [0.1, 0.15) is 18.4 Å². The number of hydrogen-bond acceptors (Lipinski definition) is 7. The van der Waals surface area contributed by atoms with Crippen molar-refractivity contribution in [1.29, 1.82) is 0 Å². The lowest BCUT2D eigenvalue weighted by Gasteiger charge is -2.21. The van der Waals surface area contributed by atoms with Gasteiger partial charge in [-0.3, -0.25) is 9.48 Å². The molecule has 0 unspecified atom stereocenters. The molecule has 2 heterocycles. The molecular weight excluding hydrogens is 420 g/mol. The molecule has 0 radical (unpaired) electrons. The van der Waals surface area contributed by atoms with Crippen molar-refractivity contribution in [2.24, 2.45) is 18.7 Å². The number of nitrogens with zero attached hydrogens (tertiary/aromatic N) is 4. The molecule has 1 fully saturated rings. The van der Waals surface area contributed by atoms with Crippen LogP contribution >= 0.6 is 0 Å². The molecule has 4 rings (SSSR count). The van der Waals surface area contributed by atoms with Gasteiger partial charge in [0.05, 0.1) is 36.2 Å². The number of alkyl halides is 2. The molecule has 0 atom stereocenters. The van der Waals surface area contributed by atoms with Gasteiger partial charge in [-0.15, -0.1) is 0 Å². The van der Waals surface area contributed by atoms with Crippen LogP contribution in [0.5, 0.6) is 5.75 Å². The molecule has 168 valence electrons. The second kappa shape index (κ2) is 8.50. The number of anilines is 3. The maximum Gasteiger partial charge on any atom is 0.288 e. The molecule has 1 amide bonds. The summed E-state index contributed by atoms with van der Waals surface area (Å²) in [5.41, 5.74) is 5.96. The van der Waals surface area contributed by atoms with E-state index >= 15 is 0 Å². The van der Waals surface area contributed by atoms with E-state index in [1.807, 2.05) is 0 Å². The molecule has 2 aromatic heterocycles. The number of ether oxygens (including phenoxy) is 1. The zero-order valence-corrected chi connectivity index (χ0v) is 17.6. The van der Waals surface area contributed by atoms with Crippen molar-refractivity contribution in [1.82, 2.24) is 19.7 Å². The lowest BCUT2D eigenvalue weighted by atomic mass is 10.1. The number of methoxy groups -OCH3 is 1. The van der Waals surface area contributed by atoms with Crippen LogP contribution in [0.2, 0.25) is 0 Å². The number of aryl methyl sites for hydroxylation is 1. The Morgan fingerprint density at radius 3 is 2.72 bits per heavy atom. The maximum absolute atomic E-state index is 14.6. The fraction of sp³-hybridized carbons (Fsp3) is 0.333. The lowest BCUT2D eigenvalue weighted by Crippen LogP contribution is -2.26. The highest BCUT2D eigenvalue weighted by Crippen LogP contribution is 2.40. The Bertz CT molecular complexity index is 1140. The Kier molecular flexibility index (Phi) is 5.74. The number of carbonyl (C=O) groups is 1. The number of para-hydroxylation sites is 1. The minimum absolute atomic E-state index is 0.0472. The third-order valence-electron chi connectivity index (χ3n) is 5.08. The number of carbonyl (C=O) groups excluding carboxylic acids is 1. The summed E-state index contributed by atoms with van der Waals surface area (Å²) in [7, 11) is 3.21. The zero-order chi connectivity index (χ0) is 22.9. The van der Waals surface area contributed by atoms with Crippen molar-refractivity contribution in [3.63, 3.8) is 0 Å². The topological polar surface area (TPSA) is 120 Å². The predicted octanol–water partition coefficient (Wildman–Crippen LogP) is 3.03. The van der Waals surface area contributed by atoms with Crippen molar-refractivity contribution >= 4 is 23.1 Å². The predicted molar refractivity (Wildman–Crippen MR) is 115 cm³/mol. The highest BCUT2D eigenvalue weighted by Gasteiger charge is 2.34. The molecule has 0 aliphatic heterocycles. The number of aromatic nitrogens is 4. The van der Waals surface area contributed by atoms with Crippen LogP contribution < -0.4 is 21.1 Å². The highest BCUT2D eigenvalue weighted by atomic mass is 19.3. The van der Waals surface area contributed by atoms with Gasteiger partial charge in [-0.05, 0) is 25.0 Å². The minimum Gasteiger partial charge on any atom is -0.494 e. The van der Waals surface area contributed by atoms with Crippen LogP contribution in [-0.2, 0) is 17.8 Å². The first kappa shape index (κ1) is 21.6. The van der Waals surface area contributed by atoms with E-state index in [1.165, 1.54) is 13.2 Å². The first-order valence-corrected chi connectivity index (χ1v) is 10.0. The number of nitrogens with one attached hydrogen (secondary N) is 2. The van der Waals surface area contributed by atoms with E-state index in [1.54, 1.807) is 36.3 Å². The molecule has 1 aromatic carbocycles. The van der Waals surface area contributed by atoms with Gasteiger partial charge in [0.15, 0.2) is 11.6 Å². The standard InChI is InChI=1S/C21H23F2N7O2/c1-30-11-26-19(29-30)13-4-3-5-15(18(13)32-2)27-16-8-17(28-20(31)12-6-7-12)25-9-14(16)21(22,23)10-24/h3-5,8-9,11-12H,6-7,10,24H2,1-2H3,(H2,25,27,28,31). The highest BCUT2D eigenvalue weighted by molar-refractivity contribution is 5.93. The first-order chi connectivity index (χ1) is 15.3. The van der Waals surface area contributed by atoms with Gasteiger partial charge in [-0.25, -0.2) is 9.97 Å². The van der Waals surface area contributed by atoms with Gasteiger partial charge >= 0.3 is 0 Å². The van der Waals surface area contributed by atoms with Gasteiger partial charge in [0.1, 0.15) is 12.1 Å². The smallest absolute Gasteiger partial charge is 0.288 e. The summed E-state index contributed by atoms with van der Waals surface area (Å²) in [6, 6.07) is 6.54. The third-order valence-corrected chi connectivity index (χ3v) is 5.08.